The number of halogens is 1. The van der Waals surface area contributed by atoms with Gasteiger partial charge in [-0.15, -0.1) is 0 Å². The van der Waals surface area contributed by atoms with E-state index in [2.05, 4.69) is 12.2 Å². The molecule has 1 aromatic carbocycles. The zero-order chi connectivity index (χ0) is 13.4. The largest absolute Gasteiger partial charge is 0.493 e. The summed E-state index contributed by atoms with van der Waals surface area (Å²) < 4.78 is 10.6. The van der Waals surface area contributed by atoms with E-state index in [4.69, 9.17) is 21.1 Å². The number of nitrogens with one attached hydrogen (secondary N) is 1. The van der Waals surface area contributed by atoms with Crippen molar-refractivity contribution >= 4 is 11.6 Å². The van der Waals surface area contributed by atoms with Crippen molar-refractivity contribution in [1.82, 2.24) is 5.32 Å². The maximum absolute atomic E-state index is 6.06. The molecule has 0 spiro atoms. The minimum Gasteiger partial charge on any atom is -0.493 e. The fourth-order valence-electron chi connectivity index (χ4n) is 1.86. The molecule has 0 unspecified atom stereocenters. The Balaban J connectivity index is 2.65. The van der Waals surface area contributed by atoms with Gasteiger partial charge >= 0.3 is 0 Å². The van der Waals surface area contributed by atoms with Gasteiger partial charge in [-0.2, -0.15) is 0 Å². The molecular formula is C14H22ClNO2. The Kier molecular flexibility index (Phi) is 6.91. The van der Waals surface area contributed by atoms with E-state index >= 15 is 0 Å². The smallest absolute Gasteiger partial charge is 0.165 e. The van der Waals surface area contributed by atoms with Crippen LogP contribution in [-0.2, 0) is 6.54 Å². The highest BCUT2D eigenvalue weighted by Gasteiger charge is 2.11. The molecule has 18 heavy (non-hydrogen) atoms. The molecule has 0 bridgehead atoms. The van der Waals surface area contributed by atoms with Gasteiger partial charge in [0.1, 0.15) is 0 Å². The number of hydrogen-bond donors (Lipinski definition) is 1. The number of rotatable bonds is 8. The highest BCUT2D eigenvalue weighted by Crippen LogP contribution is 2.34. The SMILES string of the molecule is CCCCCNCc1cc(Cl)cc(OC)c1OC. The van der Waals surface area contributed by atoms with E-state index < -0.39 is 0 Å². The zero-order valence-corrected chi connectivity index (χ0v) is 12.1. The van der Waals surface area contributed by atoms with Crippen molar-refractivity contribution in [2.75, 3.05) is 20.8 Å². The van der Waals surface area contributed by atoms with Gasteiger partial charge in [0, 0.05) is 23.2 Å². The van der Waals surface area contributed by atoms with Gasteiger partial charge in [-0.1, -0.05) is 31.4 Å². The van der Waals surface area contributed by atoms with Gasteiger partial charge in [-0.3, -0.25) is 0 Å². The molecule has 0 atom stereocenters. The van der Waals surface area contributed by atoms with Crippen LogP contribution < -0.4 is 14.8 Å². The van der Waals surface area contributed by atoms with Crippen LogP contribution in [0.15, 0.2) is 12.1 Å². The number of methoxy groups -OCH3 is 2. The van der Waals surface area contributed by atoms with Crippen LogP contribution >= 0.6 is 11.6 Å². The molecule has 102 valence electrons. The second-order valence-electron chi connectivity index (χ2n) is 4.18. The lowest BCUT2D eigenvalue weighted by atomic mass is 10.1. The van der Waals surface area contributed by atoms with E-state index in [1.807, 2.05) is 6.07 Å². The number of ether oxygens (including phenoxy) is 2. The van der Waals surface area contributed by atoms with E-state index in [0.717, 1.165) is 24.4 Å². The lowest BCUT2D eigenvalue weighted by Gasteiger charge is -2.14. The summed E-state index contributed by atoms with van der Waals surface area (Å²) in [6.07, 6.45) is 3.68. The molecule has 1 aromatic rings. The third kappa shape index (κ3) is 4.39. The molecule has 0 aliphatic carbocycles. The first kappa shape index (κ1) is 15.1. The molecule has 0 radical (unpaired) electrons. The molecule has 0 aliphatic heterocycles. The second-order valence-corrected chi connectivity index (χ2v) is 4.62. The van der Waals surface area contributed by atoms with Crippen LogP contribution in [0, 0.1) is 0 Å². The molecule has 1 N–H and O–H groups in total. The quantitative estimate of drug-likeness (QED) is 0.733. The summed E-state index contributed by atoms with van der Waals surface area (Å²) >= 11 is 6.06. The summed E-state index contributed by atoms with van der Waals surface area (Å²) in [7, 11) is 3.26. The molecule has 3 nitrogen and oxygen atoms in total. The van der Waals surface area contributed by atoms with Crippen LogP contribution in [-0.4, -0.2) is 20.8 Å². The molecule has 0 amide bonds. The van der Waals surface area contributed by atoms with E-state index in [1.54, 1.807) is 20.3 Å². The average molecular weight is 272 g/mol. The third-order valence-electron chi connectivity index (χ3n) is 2.79. The normalized spacial score (nSPS) is 10.4. The fraction of sp³-hybridized carbons (Fsp3) is 0.571. The van der Waals surface area contributed by atoms with Crippen LogP contribution in [0.3, 0.4) is 0 Å². The molecule has 0 aromatic heterocycles. The summed E-state index contributed by atoms with van der Waals surface area (Å²) in [5.74, 6) is 1.43. The van der Waals surface area contributed by atoms with Gasteiger partial charge in [0.15, 0.2) is 11.5 Å². The Morgan fingerprint density at radius 1 is 1.17 bits per heavy atom. The minimum absolute atomic E-state index is 0.665. The molecule has 0 fully saturated rings. The van der Waals surface area contributed by atoms with Crippen LogP contribution in [0.2, 0.25) is 5.02 Å². The van der Waals surface area contributed by atoms with Crippen LogP contribution in [0.4, 0.5) is 0 Å². The van der Waals surface area contributed by atoms with Crippen LogP contribution in [0.25, 0.3) is 0 Å². The van der Waals surface area contributed by atoms with Crippen LogP contribution in [0.5, 0.6) is 11.5 Å². The highest BCUT2D eigenvalue weighted by atomic mass is 35.5. The second kappa shape index (κ2) is 8.22. The summed E-state index contributed by atoms with van der Waals surface area (Å²) in [5.41, 5.74) is 1.03. The average Bonchev–Trinajstić information content (AvgIpc) is 2.37. The molecule has 0 saturated carbocycles. The van der Waals surface area contributed by atoms with E-state index in [9.17, 15) is 0 Å². The van der Waals surface area contributed by atoms with Crippen molar-refractivity contribution in [2.24, 2.45) is 0 Å². The predicted octanol–water partition coefficient (Wildman–Crippen LogP) is 3.64. The Labute approximate surface area is 114 Å². The van der Waals surface area contributed by atoms with Gasteiger partial charge in [0.25, 0.3) is 0 Å². The van der Waals surface area contributed by atoms with E-state index in [-0.39, 0.29) is 0 Å². The maximum atomic E-state index is 6.06. The standard InChI is InChI=1S/C14H22ClNO2/c1-4-5-6-7-16-10-11-8-12(15)9-13(17-2)14(11)18-3/h8-9,16H,4-7,10H2,1-3H3. The van der Waals surface area contributed by atoms with Crippen LogP contribution in [0.1, 0.15) is 31.7 Å². The van der Waals surface area contributed by atoms with Crippen molar-refractivity contribution in [2.45, 2.75) is 32.7 Å². The number of benzene rings is 1. The van der Waals surface area contributed by atoms with E-state index in [1.165, 1.54) is 19.3 Å². The molecular weight excluding hydrogens is 250 g/mol. The molecule has 1 rings (SSSR count). The van der Waals surface area contributed by atoms with Crippen molar-refractivity contribution in [3.8, 4) is 11.5 Å². The minimum atomic E-state index is 0.665. The molecule has 0 aliphatic rings. The van der Waals surface area contributed by atoms with Gasteiger partial charge in [-0.25, -0.2) is 0 Å². The maximum Gasteiger partial charge on any atom is 0.165 e. The topological polar surface area (TPSA) is 30.5 Å². The molecule has 4 heteroatoms. The summed E-state index contributed by atoms with van der Waals surface area (Å²) in [5, 5.41) is 4.06. The van der Waals surface area contributed by atoms with Gasteiger partial charge < -0.3 is 14.8 Å². The predicted molar refractivity (Wildman–Crippen MR) is 75.8 cm³/mol. The van der Waals surface area contributed by atoms with Crippen molar-refractivity contribution in [1.29, 1.82) is 0 Å². The molecule has 0 saturated heterocycles. The Hall–Kier alpha value is -0.930. The summed E-state index contributed by atoms with van der Waals surface area (Å²) in [4.78, 5) is 0. The number of unbranched alkanes of at least 4 members (excludes halogenated alkanes) is 2. The monoisotopic (exact) mass is 271 g/mol. The van der Waals surface area contributed by atoms with Crippen molar-refractivity contribution < 1.29 is 9.47 Å². The van der Waals surface area contributed by atoms with Gasteiger partial charge in [0.2, 0.25) is 0 Å². The first-order chi connectivity index (χ1) is 8.72. The Morgan fingerprint density at radius 3 is 2.56 bits per heavy atom. The van der Waals surface area contributed by atoms with Crippen molar-refractivity contribution in [3.63, 3.8) is 0 Å². The third-order valence-corrected chi connectivity index (χ3v) is 3.01. The van der Waals surface area contributed by atoms with E-state index in [0.29, 0.717) is 10.8 Å². The van der Waals surface area contributed by atoms with Gasteiger partial charge in [-0.05, 0) is 19.0 Å². The first-order valence-corrected chi connectivity index (χ1v) is 6.71. The lowest BCUT2D eigenvalue weighted by molar-refractivity contribution is 0.350. The van der Waals surface area contributed by atoms with Gasteiger partial charge in [0.05, 0.1) is 14.2 Å². The highest BCUT2D eigenvalue weighted by molar-refractivity contribution is 6.30. The summed E-state index contributed by atoms with van der Waals surface area (Å²) in [6, 6.07) is 3.68. The Bertz CT molecular complexity index is 369. The molecule has 0 heterocycles. The Morgan fingerprint density at radius 2 is 1.94 bits per heavy atom. The fourth-order valence-corrected chi connectivity index (χ4v) is 2.09. The lowest BCUT2D eigenvalue weighted by Crippen LogP contribution is -2.15. The summed E-state index contributed by atoms with van der Waals surface area (Å²) in [6.45, 7) is 3.94. The zero-order valence-electron chi connectivity index (χ0n) is 11.4. The number of hydrogen-bond acceptors (Lipinski definition) is 3. The van der Waals surface area contributed by atoms with Crippen molar-refractivity contribution in [3.05, 3.63) is 22.7 Å². The first-order valence-electron chi connectivity index (χ1n) is 6.34.